The van der Waals surface area contributed by atoms with Crippen molar-refractivity contribution in [2.45, 2.75) is 11.8 Å². The first-order valence-electron chi connectivity index (χ1n) is 3.67. The molecule has 0 atom stereocenters. The molecule has 0 heterocycles. The number of sulfonamides is 1. The first-order valence-corrected chi connectivity index (χ1v) is 5.22. The van der Waals surface area contributed by atoms with E-state index in [4.69, 9.17) is 5.14 Å². The minimum absolute atomic E-state index is 0. The molecular formula is C8H8NNaO4S. The SMILES string of the molecule is Cc1ccc(S(N)(=O)=O)cc1C(=O)[O-].[Na+]. The van der Waals surface area contributed by atoms with Crippen LogP contribution in [0.4, 0.5) is 0 Å². The molecule has 0 amide bonds. The summed E-state index contributed by atoms with van der Waals surface area (Å²) < 4.78 is 21.8. The molecular weight excluding hydrogens is 229 g/mol. The van der Waals surface area contributed by atoms with E-state index in [1.165, 1.54) is 19.1 Å². The molecule has 0 aliphatic carbocycles. The average molecular weight is 237 g/mol. The van der Waals surface area contributed by atoms with Gasteiger partial charge >= 0.3 is 29.6 Å². The molecule has 2 N–H and O–H groups in total. The van der Waals surface area contributed by atoms with Crippen molar-refractivity contribution in [2.75, 3.05) is 0 Å². The van der Waals surface area contributed by atoms with E-state index in [1.54, 1.807) is 0 Å². The van der Waals surface area contributed by atoms with Gasteiger partial charge in [0.25, 0.3) is 0 Å². The molecule has 7 heteroatoms. The topological polar surface area (TPSA) is 100 Å². The second-order valence-electron chi connectivity index (χ2n) is 2.81. The van der Waals surface area contributed by atoms with Gasteiger partial charge in [0.1, 0.15) is 0 Å². The summed E-state index contributed by atoms with van der Waals surface area (Å²) in [5.41, 5.74) is 0.258. The van der Waals surface area contributed by atoms with E-state index in [1.807, 2.05) is 0 Å². The minimum atomic E-state index is -3.87. The molecule has 0 aliphatic heterocycles. The summed E-state index contributed by atoms with van der Waals surface area (Å²) in [6.07, 6.45) is 0. The van der Waals surface area contributed by atoms with Gasteiger partial charge in [-0.1, -0.05) is 6.07 Å². The van der Waals surface area contributed by atoms with E-state index in [0.29, 0.717) is 5.56 Å². The Balaban J connectivity index is 0.00000196. The predicted octanol–water partition coefficient (Wildman–Crippen LogP) is -3.99. The number of aromatic carboxylic acids is 1. The molecule has 0 saturated carbocycles. The van der Waals surface area contributed by atoms with Crippen LogP contribution in [0.15, 0.2) is 23.1 Å². The van der Waals surface area contributed by atoms with Gasteiger partial charge < -0.3 is 9.90 Å². The quantitative estimate of drug-likeness (QED) is 0.530. The molecule has 1 aromatic rings. The Kier molecular flexibility index (Phi) is 4.95. The summed E-state index contributed by atoms with van der Waals surface area (Å²) in [5, 5.41) is 15.4. The van der Waals surface area contributed by atoms with Crippen LogP contribution in [0.1, 0.15) is 15.9 Å². The smallest absolute Gasteiger partial charge is 0.545 e. The molecule has 0 unspecified atom stereocenters. The number of hydrogen-bond acceptors (Lipinski definition) is 4. The molecule has 0 saturated heterocycles. The van der Waals surface area contributed by atoms with E-state index in [9.17, 15) is 18.3 Å². The summed E-state index contributed by atoms with van der Waals surface area (Å²) in [6, 6.07) is 3.60. The zero-order chi connectivity index (χ0) is 10.9. The van der Waals surface area contributed by atoms with E-state index >= 15 is 0 Å². The summed E-state index contributed by atoms with van der Waals surface area (Å²) in [4.78, 5) is 10.3. The van der Waals surface area contributed by atoms with Crippen molar-refractivity contribution in [3.63, 3.8) is 0 Å². The van der Waals surface area contributed by atoms with Crippen LogP contribution >= 0.6 is 0 Å². The zero-order valence-electron chi connectivity index (χ0n) is 8.35. The fourth-order valence-corrected chi connectivity index (χ4v) is 1.54. The number of carboxylic acid groups (broad SMARTS) is 1. The van der Waals surface area contributed by atoms with Gasteiger partial charge in [0.15, 0.2) is 0 Å². The molecule has 0 fully saturated rings. The largest absolute Gasteiger partial charge is 1.00 e. The van der Waals surface area contributed by atoms with Crippen molar-refractivity contribution in [2.24, 2.45) is 5.14 Å². The monoisotopic (exact) mass is 237 g/mol. The van der Waals surface area contributed by atoms with Crippen molar-refractivity contribution in [1.82, 2.24) is 0 Å². The van der Waals surface area contributed by atoms with E-state index in [-0.39, 0.29) is 40.0 Å². The second-order valence-corrected chi connectivity index (χ2v) is 4.37. The van der Waals surface area contributed by atoms with E-state index in [0.717, 1.165) is 6.07 Å². The Morgan fingerprint density at radius 2 is 1.93 bits per heavy atom. The van der Waals surface area contributed by atoms with Crippen molar-refractivity contribution in [3.05, 3.63) is 29.3 Å². The standard InChI is InChI=1S/C8H9NO4S.Na/c1-5-2-3-6(14(9,12)13)4-7(5)8(10)11;/h2-4H,1H3,(H,10,11)(H2,9,12,13);/q;+1/p-1. The van der Waals surface area contributed by atoms with Crippen LogP contribution in [0.3, 0.4) is 0 Å². The zero-order valence-corrected chi connectivity index (χ0v) is 11.2. The Labute approximate surface area is 110 Å². The third-order valence-electron chi connectivity index (χ3n) is 1.76. The maximum atomic E-state index is 10.9. The predicted molar refractivity (Wildman–Crippen MR) is 46.9 cm³/mol. The first kappa shape index (κ1) is 14.6. The Bertz CT molecular complexity index is 483. The molecule has 0 aromatic heterocycles. The van der Waals surface area contributed by atoms with Crippen molar-refractivity contribution in [3.8, 4) is 0 Å². The van der Waals surface area contributed by atoms with Gasteiger partial charge in [0.05, 0.1) is 10.9 Å². The number of nitrogens with two attached hydrogens (primary N) is 1. The normalized spacial score (nSPS) is 10.5. The molecule has 76 valence electrons. The Morgan fingerprint density at radius 1 is 1.40 bits per heavy atom. The number of primary sulfonamides is 1. The van der Waals surface area contributed by atoms with Crippen LogP contribution in [-0.4, -0.2) is 14.4 Å². The van der Waals surface area contributed by atoms with Crippen LogP contribution in [0, 0.1) is 6.92 Å². The second kappa shape index (κ2) is 5.09. The maximum Gasteiger partial charge on any atom is 1.00 e. The first-order chi connectivity index (χ1) is 6.32. The molecule has 15 heavy (non-hydrogen) atoms. The summed E-state index contributed by atoms with van der Waals surface area (Å²) in [5.74, 6) is -1.42. The van der Waals surface area contributed by atoms with Gasteiger partial charge in [0.2, 0.25) is 10.0 Å². The van der Waals surface area contributed by atoms with Crippen molar-refractivity contribution in [1.29, 1.82) is 0 Å². The molecule has 0 aliphatic rings. The summed E-state index contributed by atoms with van der Waals surface area (Å²) in [7, 11) is -3.87. The van der Waals surface area contributed by atoms with Gasteiger partial charge in [-0.15, -0.1) is 0 Å². The van der Waals surface area contributed by atoms with Crippen LogP contribution in [0.5, 0.6) is 0 Å². The van der Waals surface area contributed by atoms with Gasteiger partial charge in [-0.05, 0) is 24.6 Å². The van der Waals surface area contributed by atoms with Crippen LogP contribution in [0.25, 0.3) is 0 Å². The van der Waals surface area contributed by atoms with Gasteiger partial charge in [-0.2, -0.15) is 0 Å². The number of hydrogen-bond donors (Lipinski definition) is 1. The number of carbonyl (C=O) groups is 1. The fraction of sp³-hybridized carbons (Fsp3) is 0.125. The number of carboxylic acids is 1. The summed E-state index contributed by atoms with van der Waals surface area (Å²) >= 11 is 0. The van der Waals surface area contributed by atoms with Crippen molar-refractivity contribution < 1.29 is 47.9 Å². The number of carbonyl (C=O) groups excluding carboxylic acids is 1. The fourth-order valence-electron chi connectivity index (χ4n) is 0.998. The van der Waals surface area contributed by atoms with Crippen LogP contribution in [0.2, 0.25) is 0 Å². The molecule has 0 spiro atoms. The maximum absolute atomic E-state index is 10.9. The van der Waals surface area contributed by atoms with Crippen molar-refractivity contribution >= 4 is 16.0 Å². The Morgan fingerprint density at radius 3 is 2.33 bits per heavy atom. The van der Waals surface area contributed by atoms with Crippen LogP contribution < -0.4 is 39.8 Å². The van der Waals surface area contributed by atoms with E-state index in [2.05, 4.69) is 0 Å². The molecule has 5 nitrogen and oxygen atoms in total. The molecule has 0 radical (unpaired) electrons. The number of benzene rings is 1. The average Bonchev–Trinajstić information content (AvgIpc) is 2.02. The summed E-state index contributed by atoms with van der Waals surface area (Å²) in [6.45, 7) is 1.54. The molecule has 1 aromatic carbocycles. The number of aryl methyl sites for hydroxylation is 1. The van der Waals surface area contributed by atoms with Gasteiger partial charge in [0, 0.05) is 5.56 Å². The Hall–Kier alpha value is -0.400. The van der Waals surface area contributed by atoms with Gasteiger partial charge in [-0.3, -0.25) is 0 Å². The molecule has 1 rings (SSSR count). The molecule has 0 bridgehead atoms. The third-order valence-corrected chi connectivity index (χ3v) is 2.67. The van der Waals surface area contributed by atoms with Crippen LogP contribution in [-0.2, 0) is 10.0 Å². The van der Waals surface area contributed by atoms with Gasteiger partial charge in [-0.25, -0.2) is 13.6 Å². The third kappa shape index (κ3) is 3.58. The number of rotatable bonds is 2. The van der Waals surface area contributed by atoms with E-state index < -0.39 is 16.0 Å². The minimum Gasteiger partial charge on any atom is -0.545 e.